The molecule has 5 nitrogen and oxygen atoms in total. The first-order valence-electron chi connectivity index (χ1n) is 4.56. The predicted molar refractivity (Wildman–Crippen MR) is 61.6 cm³/mol. The van der Waals surface area contributed by atoms with E-state index in [4.69, 9.17) is 21.1 Å². The second-order valence-electron chi connectivity index (χ2n) is 3.15. The number of hydrogen-bond acceptors (Lipinski definition) is 5. The summed E-state index contributed by atoms with van der Waals surface area (Å²) in [5.74, 6) is -1.07. The lowest BCUT2D eigenvalue weighted by molar-refractivity contribution is 0.0692. The molecule has 0 bridgehead atoms. The van der Waals surface area contributed by atoms with Gasteiger partial charge in [-0.1, -0.05) is 11.6 Å². The monoisotopic (exact) mass is 270 g/mol. The lowest BCUT2D eigenvalue weighted by Gasteiger charge is -2.02. The van der Waals surface area contributed by atoms with Gasteiger partial charge in [0, 0.05) is 0 Å². The fourth-order valence-electron chi connectivity index (χ4n) is 1.12. The molecule has 0 unspecified atom stereocenters. The lowest BCUT2D eigenvalue weighted by atomic mass is 10.3. The quantitative estimate of drug-likeness (QED) is 0.864. The van der Waals surface area contributed by atoms with E-state index in [-0.39, 0.29) is 15.7 Å². The Morgan fingerprint density at radius 1 is 1.47 bits per heavy atom. The Bertz CT molecular complexity index is 570. The minimum Gasteiger partial charge on any atom is -0.478 e. The van der Waals surface area contributed by atoms with Crippen LogP contribution in [0.25, 0.3) is 0 Å². The molecule has 0 aliphatic carbocycles. The maximum Gasteiger partial charge on any atom is 0.338 e. The summed E-state index contributed by atoms with van der Waals surface area (Å²) in [6.07, 6.45) is 1.48. The van der Waals surface area contributed by atoms with E-state index in [1.807, 2.05) is 0 Å². The molecule has 0 radical (unpaired) electrons. The molecule has 0 saturated carbocycles. The summed E-state index contributed by atoms with van der Waals surface area (Å²) in [5, 5.41) is 9.80. The number of carboxylic acid groups (broad SMARTS) is 1. The number of aromatic nitrogens is 2. The summed E-state index contributed by atoms with van der Waals surface area (Å²) < 4.78 is 5.12. The van der Waals surface area contributed by atoms with E-state index < -0.39 is 5.97 Å². The number of aromatic carboxylic acids is 1. The topological polar surface area (TPSA) is 76.2 Å². The highest BCUT2D eigenvalue weighted by atomic mass is 35.5. The molecule has 17 heavy (non-hydrogen) atoms. The number of hydrogen-bond donors (Lipinski definition) is 1. The van der Waals surface area contributed by atoms with E-state index in [2.05, 4.69) is 9.97 Å². The van der Waals surface area contributed by atoms with Gasteiger partial charge >= 0.3 is 5.97 Å². The maximum absolute atomic E-state index is 11.0. The number of carboxylic acids is 1. The molecule has 88 valence electrons. The van der Waals surface area contributed by atoms with Crippen LogP contribution in [0.15, 0.2) is 33.1 Å². The van der Waals surface area contributed by atoms with Crippen molar-refractivity contribution < 1.29 is 14.3 Å². The first kappa shape index (κ1) is 11.9. The molecule has 0 saturated heterocycles. The second kappa shape index (κ2) is 4.77. The molecule has 0 aliphatic heterocycles. The van der Waals surface area contributed by atoms with E-state index in [1.54, 1.807) is 6.92 Å². The van der Waals surface area contributed by atoms with Crippen LogP contribution in [0.2, 0.25) is 5.15 Å². The van der Waals surface area contributed by atoms with Gasteiger partial charge in [-0.2, -0.15) is 0 Å². The fourth-order valence-corrected chi connectivity index (χ4v) is 2.18. The van der Waals surface area contributed by atoms with E-state index >= 15 is 0 Å². The Labute approximate surface area is 106 Å². The maximum atomic E-state index is 11.0. The summed E-state index contributed by atoms with van der Waals surface area (Å²) in [4.78, 5) is 19.0. The van der Waals surface area contributed by atoms with Gasteiger partial charge in [-0.15, -0.1) is 0 Å². The van der Waals surface area contributed by atoms with Gasteiger partial charge in [0.2, 0.25) is 0 Å². The van der Waals surface area contributed by atoms with Crippen LogP contribution in [0.1, 0.15) is 16.1 Å². The van der Waals surface area contributed by atoms with Crippen molar-refractivity contribution >= 4 is 29.3 Å². The molecule has 0 fully saturated rings. The molecule has 7 heteroatoms. The summed E-state index contributed by atoms with van der Waals surface area (Å²) in [6.45, 7) is 1.77. The zero-order valence-electron chi connectivity index (χ0n) is 8.68. The number of pyridine rings is 1. The zero-order chi connectivity index (χ0) is 12.4. The number of aryl methyl sites for hydroxylation is 1. The van der Waals surface area contributed by atoms with Crippen molar-refractivity contribution in [1.82, 2.24) is 9.97 Å². The molecule has 2 heterocycles. The Kier molecular flexibility index (Phi) is 3.35. The first-order valence-corrected chi connectivity index (χ1v) is 5.75. The molecule has 2 aromatic rings. The molecule has 0 atom stereocenters. The van der Waals surface area contributed by atoms with Crippen LogP contribution in [0.4, 0.5) is 0 Å². The van der Waals surface area contributed by atoms with Gasteiger partial charge in [-0.25, -0.2) is 14.8 Å². The number of nitrogens with zero attached hydrogens (tertiary/aromatic N) is 2. The highest BCUT2D eigenvalue weighted by Crippen LogP contribution is 2.29. The SMILES string of the molecule is Cc1coc(Sc2nc(Cl)ccc2C(=O)O)n1. The summed E-state index contributed by atoms with van der Waals surface area (Å²) in [6, 6.07) is 2.83. The molecule has 1 N–H and O–H groups in total. The Morgan fingerprint density at radius 3 is 2.82 bits per heavy atom. The van der Waals surface area contributed by atoms with Gasteiger partial charge in [-0.05, 0) is 30.8 Å². The normalized spacial score (nSPS) is 10.5. The first-order chi connectivity index (χ1) is 8.06. The van der Waals surface area contributed by atoms with Crippen molar-refractivity contribution in [3.63, 3.8) is 0 Å². The molecule has 2 aromatic heterocycles. The Balaban J connectivity index is 2.37. The largest absolute Gasteiger partial charge is 0.478 e. The summed E-state index contributed by atoms with van der Waals surface area (Å²) in [5.41, 5.74) is 0.779. The third-order valence-electron chi connectivity index (χ3n) is 1.84. The number of halogens is 1. The summed E-state index contributed by atoms with van der Waals surface area (Å²) in [7, 11) is 0. The van der Waals surface area contributed by atoms with Crippen LogP contribution in [-0.4, -0.2) is 21.0 Å². The van der Waals surface area contributed by atoms with Crippen LogP contribution in [-0.2, 0) is 0 Å². The van der Waals surface area contributed by atoms with Gasteiger partial charge in [0.25, 0.3) is 5.22 Å². The van der Waals surface area contributed by atoms with Crippen LogP contribution in [0.3, 0.4) is 0 Å². The van der Waals surface area contributed by atoms with Crippen molar-refractivity contribution in [3.8, 4) is 0 Å². The number of oxazole rings is 1. The summed E-state index contributed by atoms with van der Waals surface area (Å²) >= 11 is 6.75. The molecule has 0 aromatic carbocycles. The van der Waals surface area contributed by atoms with Crippen molar-refractivity contribution in [3.05, 3.63) is 34.8 Å². The highest BCUT2D eigenvalue weighted by molar-refractivity contribution is 7.99. The molecule has 0 spiro atoms. The molecule has 2 rings (SSSR count). The van der Waals surface area contributed by atoms with Crippen LogP contribution >= 0.6 is 23.4 Å². The fraction of sp³-hybridized carbons (Fsp3) is 0.100. The Hall–Kier alpha value is -1.53. The molecular formula is C10H7ClN2O3S. The van der Waals surface area contributed by atoms with Crippen molar-refractivity contribution in [1.29, 1.82) is 0 Å². The highest BCUT2D eigenvalue weighted by Gasteiger charge is 2.15. The van der Waals surface area contributed by atoms with Gasteiger partial charge in [0.05, 0.1) is 11.3 Å². The van der Waals surface area contributed by atoms with E-state index in [1.165, 1.54) is 18.4 Å². The molecule has 0 amide bonds. The van der Waals surface area contributed by atoms with Crippen LogP contribution in [0, 0.1) is 6.92 Å². The average Bonchev–Trinajstić information content (AvgIpc) is 2.63. The van der Waals surface area contributed by atoms with Crippen LogP contribution < -0.4 is 0 Å². The van der Waals surface area contributed by atoms with Gasteiger partial charge in [0.1, 0.15) is 16.4 Å². The van der Waals surface area contributed by atoms with Gasteiger partial charge in [-0.3, -0.25) is 0 Å². The predicted octanol–water partition coefficient (Wildman–Crippen LogP) is 2.88. The van der Waals surface area contributed by atoms with E-state index in [9.17, 15) is 4.79 Å². The zero-order valence-corrected chi connectivity index (χ0v) is 10.2. The van der Waals surface area contributed by atoms with Crippen LogP contribution in [0.5, 0.6) is 0 Å². The third-order valence-corrected chi connectivity index (χ3v) is 2.92. The Morgan fingerprint density at radius 2 is 2.24 bits per heavy atom. The molecular weight excluding hydrogens is 264 g/mol. The molecule has 0 aliphatic rings. The van der Waals surface area contributed by atoms with Gasteiger partial charge in [0.15, 0.2) is 0 Å². The number of carbonyl (C=O) groups is 1. The smallest absolute Gasteiger partial charge is 0.338 e. The number of rotatable bonds is 3. The third kappa shape index (κ3) is 2.78. The minimum absolute atomic E-state index is 0.0650. The standard InChI is InChI=1S/C10H7ClN2O3S/c1-5-4-16-10(12-5)17-8-6(9(14)15)2-3-7(11)13-8/h2-4H,1H3,(H,14,15). The average molecular weight is 271 g/mol. The lowest BCUT2D eigenvalue weighted by Crippen LogP contribution is -2.00. The van der Waals surface area contributed by atoms with Crippen molar-refractivity contribution in [2.45, 2.75) is 17.2 Å². The second-order valence-corrected chi connectivity index (χ2v) is 4.48. The van der Waals surface area contributed by atoms with E-state index in [0.29, 0.717) is 10.9 Å². The van der Waals surface area contributed by atoms with Crippen molar-refractivity contribution in [2.24, 2.45) is 0 Å². The van der Waals surface area contributed by atoms with Crippen molar-refractivity contribution in [2.75, 3.05) is 0 Å². The van der Waals surface area contributed by atoms with E-state index in [0.717, 1.165) is 11.8 Å². The minimum atomic E-state index is -1.07. The van der Waals surface area contributed by atoms with Gasteiger partial charge < -0.3 is 9.52 Å².